The summed E-state index contributed by atoms with van der Waals surface area (Å²) in [7, 11) is 2.72. The molecule has 86 valence electrons. The molecule has 1 aromatic rings. The lowest BCUT2D eigenvalue weighted by molar-refractivity contribution is 0.0596. The normalized spacial score (nSPS) is 11.0. The Bertz CT molecular complexity index is 477. The molecular weight excluding hydrogens is 210 g/mol. The van der Waals surface area contributed by atoms with Crippen molar-refractivity contribution in [2.24, 2.45) is 4.99 Å². The maximum atomic E-state index is 11.4. The van der Waals surface area contributed by atoms with Gasteiger partial charge in [-0.3, -0.25) is 0 Å². The van der Waals surface area contributed by atoms with Crippen molar-refractivity contribution in [3.63, 3.8) is 0 Å². The van der Waals surface area contributed by atoms with Crippen LogP contribution < -0.4 is 16.1 Å². The van der Waals surface area contributed by atoms with Crippen molar-refractivity contribution in [3.8, 4) is 5.75 Å². The molecule has 0 spiro atoms. The third-order valence-corrected chi connectivity index (χ3v) is 1.91. The molecule has 0 radical (unpaired) electrons. The molecule has 2 N–H and O–H groups in total. The molecule has 0 aliphatic carbocycles. The van der Waals surface area contributed by atoms with Gasteiger partial charge in [0.05, 0.1) is 20.4 Å². The maximum Gasteiger partial charge on any atom is 0.341 e. The van der Waals surface area contributed by atoms with Gasteiger partial charge in [-0.15, -0.1) is 0 Å². The molecule has 0 aliphatic rings. The van der Waals surface area contributed by atoms with Crippen molar-refractivity contribution in [1.29, 1.82) is 0 Å². The number of methoxy groups -OCH3 is 2. The Morgan fingerprint density at radius 3 is 2.81 bits per heavy atom. The third-order valence-electron chi connectivity index (χ3n) is 1.91. The van der Waals surface area contributed by atoms with Gasteiger partial charge in [0.2, 0.25) is 0 Å². The number of ether oxygens (including phenoxy) is 2. The smallest absolute Gasteiger partial charge is 0.341 e. The van der Waals surface area contributed by atoms with Crippen molar-refractivity contribution in [2.75, 3.05) is 20.1 Å². The minimum Gasteiger partial charge on any atom is -0.494 e. The Morgan fingerprint density at radius 2 is 2.31 bits per heavy atom. The monoisotopic (exact) mass is 223 g/mol. The highest BCUT2D eigenvalue weighted by Crippen LogP contribution is 2.15. The summed E-state index contributed by atoms with van der Waals surface area (Å²) in [6.45, 7) is 3.45. The Labute approximate surface area is 92.6 Å². The predicted molar refractivity (Wildman–Crippen MR) is 58.2 cm³/mol. The van der Waals surface area contributed by atoms with E-state index in [1.54, 1.807) is 0 Å². The minimum atomic E-state index is -0.516. The van der Waals surface area contributed by atoms with Crippen molar-refractivity contribution in [1.82, 2.24) is 4.68 Å². The quantitative estimate of drug-likeness (QED) is 0.579. The van der Waals surface area contributed by atoms with E-state index in [9.17, 15) is 4.79 Å². The van der Waals surface area contributed by atoms with Crippen molar-refractivity contribution >= 4 is 5.97 Å². The first-order chi connectivity index (χ1) is 7.63. The summed E-state index contributed by atoms with van der Waals surface area (Å²) in [6.07, 6.45) is 2.76. The van der Waals surface area contributed by atoms with Gasteiger partial charge in [-0.2, -0.15) is 0 Å². The van der Waals surface area contributed by atoms with Crippen molar-refractivity contribution < 1.29 is 14.3 Å². The van der Waals surface area contributed by atoms with Crippen LogP contribution in [0.4, 0.5) is 0 Å². The predicted octanol–water partition coefficient (Wildman–Crippen LogP) is 0.0413. The van der Waals surface area contributed by atoms with Crippen LogP contribution in [0, 0.1) is 0 Å². The van der Waals surface area contributed by atoms with Crippen molar-refractivity contribution in [2.45, 2.75) is 0 Å². The van der Waals surface area contributed by atoms with Gasteiger partial charge < -0.3 is 15.3 Å². The average molecular weight is 223 g/mol. The molecule has 6 nitrogen and oxygen atoms in total. The standard InChI is InChI=1S/C10H13N3O3/c1-4-12-9-5-7(10(14)16-3)8(15-2)6-13(9)11/h4-6H,1,11H2,2-3H3. The fourth-order valence-corrected chi connectivity index (χ4v) is 1.17. The molecule has 1 rings (SSSR count). The average Bonchev–Trinajstić information content (AvgIpc) is 2.30. The highest BCUT2D eigenvalue weighted by atomic mass is 16.5. The lowest BCUT2D eigenvalue weighted by Gasteiger charge is -2.08. The van der Waals surface area contributed by atoms with Crippen LogP contribution in [0.3, 0.4) is 0 Å². The molecule has 0 aliphatic heterocycles. The molecule has 0 bridgehead atoms. The number of esters is 1. The van der Waals surface area contributed by atoms with Crippen LogP contribution in [-0.2, 0) is 4.74 Å². The molecule has 16 heavy (non-hydrogen) atoms. The van der Waals surface area contributed by atoms with Gasteiger partial charge in [0.25, 0.3) is 0 Å². The first-order valence-corrected chi connectivity index (χ1v) is 4.42. The first-order valence-electron chi connectivity index (χ1n) is 4.42. The number of nitrogens with two attached hydrogens (primary N) is 1. The molecule has 0 unspecified atom stereocenters. The van der Waals surface area contributed by atoms with Crippen LogP contribution in [0.2, 0.25) is 0 Å². The van der Waals surface area contributed by atoms with E-state index in [-0.39, 0.29) is 5.56 Å². The molecule has 0 fully saturated rings. The number of pyridine rings is 1. The van der Waals surface area contributed by atoms with Crippen LogP contribution >= 0.6 is 0 Å². The summed E-state index contributed by atoms with van der Waals surface area (Å²) in [5, 5.41) is 0. The zero-order valence-corrected chi connectivity index (χ0v) is 9.14. The summed E-state index contributed by atoms with van der Waals surface area (Å²) in [5.41, 5.74) is 0.628. The van der Waals surface area contributed by atoms with Gasteiger partial charge in [0.15, 0.2) is 11.2 Å². The van der Waals surface area contributed by atoms with E-state index in [0.717, 1.165) is 0 Å². The number of nitrogen functional groups attached to an aromatic ring is 1. The molecule has 0 saturated heterocycles. The number of hydrogen-bond acceptors (Lipinski definition) is 5. The Kier molecular flexibility index (Phi) is 3.71. The summed E-state index contributed by atoms with van der Waals surface area (Å²) in [4.78, 5) is 15.3. The van der Waals surface area contributed by atoms with E-state index >= 15 is 0 Å². The minimum absolute atomic E-state index is 0.257. The Morgan fingerprint density at radius 1 is 1.62 bits per heavy atom. The number of hydrogen-bond donors (Lipinski definition) is 1. The third kappa shape index (κ3) is 2.22. The topological polar surface area (TPSA) is 78.8 Å². The molecule has 0 aromatic carbocycles. The van der Waals surface area contributed by atoms with Gasteiger partial charge in [0, 0.05) is 12.3 Å². The molecule has 1 heterocycles. The SMILES string of the molecule is C=CN=c1cc(C(=O)OC)c(OC)cn1N. The van der Waals surface area contributed by atoms with E-state index < -0.39 is 5.97 Å². The zero-order chi connectivity index (χ0) is 12.1. The number of carbonyl (C=O) groups excluding carboxylic acids is 1. The van der Waals surface area contributed by atoms with Crippen LogP contribution in [0.25, 0.3) is 0 Å². The second-order valence-electron chi connectivity index (χ2n) is 2.82. The van der Waals surface area contributed by atoms with E-state index in [1.807, 2.05) is 0 Å². The molecule has 0 amide bonds. The molecule has 6 heteroatoms. The van der Waals surface area contributed by atoms with Crippen LogP contribution in [-0.4, -0.2) is 24.9 Å². The molecular formula is C10H13N3O3. The van der Waals surface area contributed by atoms with E-state index in [0.29, 0.717) is 11.2 Å². The second kappa shape index (κ2) is 5.01. The van der Waals surface area contributed by atoms with Crippen molar-refractivity contribution in [3.05, 3.63) is 36.1 Å². The van der Waals surface area contributed by atoms with Gasteiger partial charge in [-0.1, -0.05) is 6.58 Å². The van der Waals surface area contributed by atoms with E-state index in [1.165, 1.54) is 37.4 Å². The lowest BCUT2D eigenvalue weighted by atomic mass is 10.2. The molecule has 0 atom stereocenters. The Hall–Kier alpha value is -2.24. The van der Waals surface area contributed by atoms with Crippen LogP contribution in [0.5, 0.6) is 5.75 Å². The van der Waals surface area contributed by atoms with Gasteiger partial charge in [0.1, 0.15) is 5.56 Å². The van der Waals surface area contributed by atoms with Crippen LogP contribution in [0.1, 0.15) is 10.4 Å². The van der Waals surface area contributed by atoms with E-state index in [4.69, 9.17) is 10.6 Å². The number of carbonyl (C=O) groups is 1. The Balaban J connectivity index is 3.46. The molecule has 1 aromatic heterocycles. The number of rotatable bonds is 3. The summed E-state index contributed by atoms with van der Waals surface area (Å²) in [6, 6.07) is 1.46. The second-order valence-corrected chi connectivity index (χ2v) is 2.82. The lowest BCUT2D eigenvalue weighted by Crippen LogP contribution is -2.28. The summed E-state index contributed by atoms with van der Waals surface area (Å²) >= 11 is 0. The largest absolute Gasteiger partial charge is 0.494 e. The fourth-order valence-electron chi connectivity index (χ4n) is 1.17. The zero-order valence-electron chi connectivity index (χ0n) is 9.14. The summed E-state index contributed by atoms with van der Waals surface area (Å²) < 4.78 is 10.9. The highest BCUT2D eigenvalue weighted by molar-refractivity contribution is 5.92. The maximum absolute atomic E-state index is 11.4. The number of aromatic nitrogens is 1. The van der Waals surface area contributed by atoms with Crippen LogP contribution in [0.15, 0.2) is 30.0 Å². The van der Waals surface area contributed by atoms with Gasteiger partial charge >= 0.3 is 5.97 Å². The first kappa shape index (κ1) is 11.8. The highest BCUT2D eigenvalue weighted by Gasteiger charge is 2.13. The van der Waals surface area contributed by atoms with E-state index in [2.05, 4.69) is 16.3 Å². The summed E-state index contributed by atoms with van der Waals surface area (Å²) in [5.74, 6) is 5.44. The number of nitrogens with zero attached hydrogens (tertiary/aromatic N) is 2. The van der Waals surface area contributed by atoms with Gasteiger partial charge in [-0.05, 0) is 0 Å². The van der Waals surface area contributed by atoms with Gasteiger partial charge in [-0.25, -0.2) is 14.5 Å². The molecule has 0 saturated carbocycles. The fraction of sp³-hybridized carbons (Fsp3) is 0.200.